The van der Waals surface area contributed by atoms with Crippen LogP contribution in [0.15, 0.2) is 0 Å². The average Bonchev–Trinajstić information content (AvgIpc) is 1.94. The van der Waals surface area contributed by atoms with Gasteiger partial charge in [0.2, 0.25) is 0 Å². The maximum Gasteiger partial charge on any atom is 0.326 e. The summed E-state index contributed by atoms with van der Waals surface area (Å²) in [5, 5.41) is 0. The Morgan fingerprint density at radius 3 is 1.94 bits per heavy atom. The van der Waals surface area contributed by atoms with E-state index in [0.717, 1.165) is 0 Å². The first kappa shape index (κ1) is 14.5. The Hall–Kier alpha value is -0.610. The van der Waals surface area contributed by atoms with Gasteiger partial charge in [-0.25, -0.2) is 0 Å². The summed E-state index contributed by atoms with van der Waals surface area (Å²) in [7, 11) is 0. The van der Waals surface area contributed by atoms with Gasteiger partial charge in [-0.15, -0.1) is 0 Å². The summed E-state index contributed by atoms with van der Waals surface area (Å²) in [5.41, 5.74) is 4.47. The summed E-state index contributed by atoms with van der Waals surface area (Å²) in [5.74, 6) is -0.321. The van der Waals surface area contributed by atoms with Crippen LogP contribution >= 0.6 is 0 Å². The highest BCUT2D eigenvalue weighted by Crippen LogP contribution is 2.36. The number of ether oxygens (including phenoxy) is 2. The van der Waals surface area contributed by atoms with Crippen molar-refractivity contribution in [2.45, 2.75) is 77.2 Å². The molecule has 2 N–H and O–H groups in total. The number of hydrogen-bond donors (Lipinski definition) is 1. The monoisotopic (exact) mass is 243 g/mol. The highest BCUT2D eigenvalue weighted by Gasteiger charge is 2.50. The fourth-order valence-corrected chi connectivity index (χ4v) is 1.88. The Bertz CT molecular complexity index is 293. The van der Waals surface area contributed by atoms with Crippen molar-refractivity contribution in [1.82, 2.24) is 0 Å². The van der Waals surface area contributed by atoms with E-state index in [9.17, 15) is 4.79 Å². The fraction of sp³-hybridized carbons (Fsp3) is 0.923. The third kappa shape index (κ3) is 4.28. The van der Waals surface area contributed by atoms with Crippen molar-refractivity contribution in [3.8, 4) is 0 Å². The minimum Gasteiger partial charge on any atom is -0.459 e. The number of nitrogens with two attached hydrogens (primary N) is 1. The Morgan fingerprint density at radius 2 is 1.59 bits per heavy atom. The molecule has 4 nitrogen and oxygen atoms in total. The number of rotatable bonds is 2. The van der Waals surface area contributed by atoms with E-state index in [0.29, 0.717) is 12.8 Å². The molecule has 1 rings (SSSR count). The second kappa shape index (κ2) is 4.25. The molecule has 0 aromatic heterocycles. The van der Waals surface area contributed by atoms with Gasteiger partial charge in [-0.3, -0.25) is 4.79 Å². The van der Waals surface area contributed by atoms with E-state index in [1.165, 1.54) is 0 Å². The Morgan fingerprint density at radius 1 is 1.12 bits per heavy atom. The topological polar surface area (TPSA) is 61.5 Å². The molecule has 0 heterocycles. The van der Waals surface area contributed by atoms with E-state index in [1.807, 2.05) is 41.5 Å². The van der Waals surface area contributed by atoms with Crippen molar-refractivity contribution >= 4 is 5.97 Å². The predicted molar refractivity (Wildman–Crippen MR) is 66.6 cm³/mol. The van der Waals surface area contributed by atoms with Gasteiger partial charge < -0.3 is 15.2 Å². The molecule has 0 aromatic rings. The second-order valence-electron chi connectivity index (χ2n) is 6.92. The van der Waals surface area contributed by atoms with Crippen LogP contribution in [0.1, 0.15) is 54.4 Å². The Kier molecular flexibility index (Phi) is 3.61. The molecular weight excluding hydrogens is 218 g/mol. The Balaban J connectivity index is 2.46. The maximum absolute atomic E-state index is 11.9. The molecule has 1 saturated carbocycles. The van der Waals surface area contributed by atoms with Gasteiger partial charge in [0, 0.05) is 12.8 Å². The lowest BCUT2D eigenvalue weighted by atomic mass is 9.74. The molecule has 0 unspecified atom stereocenters. The lowest BCUT2D eigenvalue weighted by Gasteiger charge is -2.45. The van der Waals surface area contributed by atoms with Gasteiger partial charge >= 0.3 is 5.97 Å². The van der Waals surface area contributed by atoms with Crippen molar-refractivity contribution in [1.29, 1.82) is 0 Å². The highest BCUT2D eigenvalue weighted by molar-refractivity contribution is 5.82. The predicted octanol–water partition coefficient (Wildman–Crippen LogP) is 2.00. The van der Waals surface area contributed by atoms with Crippen molar-refractivity contribution < 1.29 is 14.3 Å². The zero-order valence-electron chi connectivity index (χ0n) is 11.8. The van der Waals surface area contributed by atoms with Crippen LogP contribution in [0.2, 0.25) is 0 Å². The van der Waals surface area contributed by atoms with Crippen LogP contribution < -0.4 is 5.73 Å². The van der Waals surface area contributed by atoms with Crippen LogP contribution in [0.5, 0.6) is 0 Å². The molecule has 0 aromatic carbocycles. The standard InChI is InChI=1S/C13H25NO3/c1-11(2,3)16-9-7-13(14,8-9)10(15)17-12(4,5)6/h9H,7-8,14H2,1-6H3. The zero-order valence-corrected chi connectivity index (χ0v) is 11.8. The molecule has 17 heavy (non-hydrogen) atoms. The van der Waals surface area contributed by atoms with Crippen molar-refractivity contribution in [3.63, 3.8) is 0 Å². The largest absolute Gasteiger partial charge is 0.459 e. The molecule has 0 saturated heterocycles. The molecule has 0 aliphatic heterocycles. The zero-order chi connectivity index (χ0) is 13.5. The third-order valence-corrected chi connectivity index (χ3v) is 2.51. The van der Waals surface area contributed by atoms with Crippen molar-refractivity contribution in [2.24, 2.45) is 5.73 Å². The lowest BCUT2D eigenvalue weighted by Crippen LogP contribution is -2.63. The van der Waals surface area contributed by atoms with E-state index in [-0.39, 0.29) is 17.7 Å². The van der Waals surface area contributed by atoms with Gasteiger partial charge in [0.1, 0.15) is 11.1 Å². The summed E-state index contributed by atoms with van der Waals surface area (Å²) in [6.07, 6.45) is 1.14. The third-order valence-electron chi connectivity index (χ3n) is 2.51. The quantitative estimate of drug-likeness (QED) is 0.754. The first-order chi connectivity index (χ1) is 7.41. The molecule has 1 fully saturated rings. The average molecular weight is 243 g/mol. The van der Waals surface area contributed by atoms with Crippen LogP contribution in [-0.4, -0.2) is 28.8 Å². The number of esters is 1. The van der Waals surface area contributed by atoms with E-state index >= 15 is 0 Å². The summed E-state index contributed by atoms with van der Waals surface area (Å²) in [6, 6.07) is 0. The molecule has 1 aliphatic rings. The first-order valence-corrected chi connectivity index (χ1v) is 6.11. The summed E-state index contributed by atoms with van der Waals surface area (Å²) in [4.78, 5) is 11.9. The summed E-state index contributed by atoms with van der Waals surface area (Å²) >= 11 is 0. The maximum atomic E-state index is 11.9. The fourth-order valence-electron chi connectivity index (χ4n) is 1.88. The molecule has 0 radical (unpaired) electrons. The van der Waals surface area contributed by atoms with Gasteiger partial charge in [-0.2, -0.15) is 0 Å². The number of carbonyl (C=O) groups is 1. The highest BCUT2D eigenvalue weighted by atomic mass is 16.6. The van der Waals surface area contributed by atoms with Gasteiger partial charge in [-0.1, -0.05) is 0 Å². The van der Waals surface area contributed by atoms with Gasteiger partial charge in [0.05, 0.1) is 11.7 Å². The van der Waals surface area contributed by atoms with Crippen LogP contribution in [0, 0.1) is 0 Å². The molecule has 100 valence electrons. The summed E-state index contributed by atoms with van der Waals surface area (Å²) in [6.45, 7) is 11.5. The normalized spacial score (nSPS) is 29.7. The molecule has 1 aliphatic carbocycles. The molecule has 4 heteroatoms. The summed E-state index contributed by atoms with van der Waals surface area (Å²) < 4.78 is 11.1. The van der Waals surface area contributed by atoms with E-state index < -0.39 is 11.1 Å². The second-order valence-corrected chi connectivity index (χ2v) is 6.92. The first-order valence-electron chi connectivity index (χ1n) is 6.11. The number of hydrogen-bond acceptors (Lipinski definition) is 4. The van der Waals surface area contributed by atoms with Gasteiger partial charge in [0.25, 0.3) is 0 Å². The van der Waals surface area contributed by atoms with Crippen LogP contribution in [0.4, 0.5) is 0 Å². The van der Waals surface area contributed by atoms with E-state index in [2.05, 4.69) is 0 Å². The van der Waals surface area contributed by atoms with Crippen LogP contribution in [-0.2, 0) is 14.3 Å². The molecular formula is C13H25NO3. The molecule has 0 bridgehead atoms. The lowest BCUT2D eigenvalue weighted by molar-refractivity contribution is -0.179. The van der Waals surface area contributed by atoms with E-state index in [4.69, 9.17) is 15.2 Å². The number of carbonyl (C=O) groups excluding carboxylic acids is 1. The SMILES string of the molecule is CC(C)(C)OC(=O)C1(N)CC(OC(C)(C)C)C1. The minimum absolute atomic E-state index is 0.0625. The molecule has 0 spiro atoms. The van der Waals surface area contributed by atoms with Crippen LogP contribution in [0.25, 0.3) is 0 Å². The Labute approximate surface area is 104 Å². The van der Waals surface area contributed by atoms with Gasteiger partial charge in [-0.05, 0) is 41.5 Å². The van der Waals surface area contributed by atoms with Crippen LogP contribution in [0.3, 0.4) is 0 Å². The van der Waals surface area contributed by atoms with Crippen molar-refractivity contribution in [2.75, 3.05) is 0 Å². The molecule has 0 amide bonds. The van der Waals surface area contributed by atoms with E-state index in [1.54, 1.807) is 0 Å². The molecule has 0 atom stereocenters. The van der Waals surface area contributed by atoms with Crippen molar-refractivity contribution in [3.05, 3.63) is 0 Å². The minimum atomic E-state index is -0.858. The smallest absolute Gasteiger partial charge is 0.326 e. The van der Waals surface area contributed by atoms with Gasteiger partial charge in [0.15, 0.2) is 0 Å².